The number of ketones is 1. The molecule has 0 bridgehead atoms. The topological polar surface area (TPSA) is 26.3 Å². The number of para-hydroxylation sites is 1. The molecule has 0 saturated carbocycles. The predicted octanol–water partition coefficient (Wildman–Crippen LogP) is 2.87. The second-order valence-electron chi connectivity index (χ2n) is 4.15. The number of hydrogen-bond acceptors (Lipinski definition) is 2. The first-order chi connectivity index (χ1) is 8.34. The minimum atomic E-state index is -0.366. The fourth-order valence-corrected chi connectivity index (χ4v) is 2.12. The van der Waals surface area contributed by atoms with Crippen LogP contribution in [-0.2, 0) is 6.42 Å². The van der Waals surface area contributed by atoms with Gasteiger partial charge in [-0.3, -0.25) is 4.79 Å². The van der Waals surface area contributed by atoms with Crippen LogP contribution >= 0.6 is 0 Å². The van der Waals surface area contributed by atoms with Crippen molar-refractivity contribution in [2.24, 2.45) is 0 Å². The Kier molecular flexibility index (Phi) is 2.41. The molecular weight excluding hydrogens is 212 g/mol. The zero-order valence-corrected chi connectivity index (χ0v) is 9.30. The summed E-state index contributed by atoms with van der Waals surface area (Å²) in [7, 11) is 0. The fourth-order valence-electron chi connectivity index (χ4n) is 2.12. The summed E-state index contributed by atoms with van der Waals surface area (Å²) < 4.78 is 5.67. The Bertz CT molecular complexity index is 521. The molecule has 0 saturated heterocycles. The van der Waals surface area contributed by atoms with Gasteiger partial charge in [-0.05, 0) is 11.6 Å². The molecule has 0 amide bonds. The van der Waals surface area contributed by atoms with Gasteiger partial charge in [0.1, 0.15) is 5.75 Å². The Morgan fingerprint density at radius 3 is 2.47 bits per heavy atom. The Balaban J connectivity index is 1.84. The van der Waals surface area contributed by atoms with E-state index in [4.69, 9.17) is 4.74 Å². The normalized spacial score (nSPS) is 17.3. The summed E-state index contributed by atoms with van der Waals surface area (Å²) in [6.45, 7) is 0. The van der Waals surface area contributed by atoms with Crippen LogP contribution in [0.25, 0.3) is 0 Å². The van der Waals surface area contributed by atoms with E-state index >= 15 is 0 Å². The summed E-state index contributed by atoms with van der Waals surface area (Å²) in [5.74, 6) is 0.892. The SMILES string of the molecule is O=C(c1ccccc1)[C@H]1Cc2ccccc2O1. The maximum Gasteiger partial charge on any atom is 0.203 e. The van der Waals surface area contributed by atoms with Crippen molar-refractivity contribution in [3.63, 3.8) is 0 Å². The number of fused-ring (bicyclic) bond motifs is 1. The van der Waals surface area contributed by atoms with Crippen molar-refractivity contribution in [1.29, 1.82) is 0 Å². The van der Waals surface area contributed by atoms with E-state index in [1.807, 2.05) is 54.6 Å². The van der Waals surface area contributed by atoms with Crippen LogP contribution in [0.3, 0.4) is 0 Å². The standard InChI is InChI=1S/C15H12O2/c16-15(11-6-2-1-3-7-11)14-10-12-8-4-5-9-13(12)17-14/h1-9,14H,10H2/t14-/m1/s1. The van der Waals surface area contributed by atoms with Gasteiger partial charge in [0, 0.05) is 12.0 Å². The van der Waals surface area contributed by atoms with E-state index in [-0.39, 0.29) is 11.9 Å². The minimum Gasteiger partial charge on any atom is -0.482 e. The van der Waals surface area contributed by atoms with Crippen LogP contribution in [0.2, 0.25) is 0 Å². The summed E-state index contributed by atoms with van der Waals surface area (Å²) in [6.07, 6.45) is 0.305. The van der Waals surface area contributed by atoms with E-state index in [0.29, 0.717) is 12.0 Å². The number of benzene rings is 2. The Hall–Kier alpha value is -2.09. The van der Waals surface area contributed by atoms with Crippen LogP contribution in [-0.4, -0.2) is 11.9 Å². The highest BCUT2D eigenvalue weighted by atomic mass is 16.5. The van der Waals surface area contributed by atoms with E-state index in [1.165, 1.54) is 0 Å². The molecule has 1 heterocycles. The third kappa shape index (κ3) is 1.82. The van der Waals surface area contributed by atoms with Crippen LogP contribution in [0.5, 0.6) is 5.75 Å². The molecule has 2 aromatic carbocycles. The van der Waals surface area contributed by atoms with Crippen molar-refractivity contribution in [3.8, 4) is 5.75 Å². The summed E-state index contributed by atoms with van der Waals surface area (Å²) in [4.78, 5) is 12.2. The van der Waals surface area contributed by atoms with E-state index in [2.05, 4.69) is 0 Å². The molecule has 0 unspecified atom stereocenters. The first kappa shape index (κ1) is 10.1. The van der Waals surface area contributed by atoms with Crippen molar-refractivity contribution >= 4 is 5.78 Å². The molecule has 1 atom stereocenters. The highest BCUT2D eigenvalue weighted by Crippen LogP contribution is 2.29. The molecule has 2 heteroatoms. The van der Waals surface area contributed by atoms with Crippen LogP contribution in [0.15, 0.2) is 54.6 Å². The van der Waals surface area contributed by atoms with E-state index in [9.17, 15) is 4.79 Å². The minimum absolute atomic E-state index is 0.0572. The molecule has 0 radical (unpaired) electrons. The van der Waals surface area contributed by atoms with Crippen molar-refractivity contribution in [2.45, 2.75) is 12.5 Å². The summed E-state index contributed by atoms with van der Waals surface area (Å²) in [5.41, 5.74) is 1.83. The number of hydrogen-bond donors (Lipinski definition) is 0. The summed E-state index contributed by atoms with van der Waals surface area (Å²) in [5, 5.41) is 0. The second kappa shape index (κ2) is 4.06. The van der Waals surface area contributed by atoms with Crippen LogP contribution in [0.4, 0.5) is 0 Å². The van der Waals surface area contributed by atoms with Gasteiger partial charge in [0.15, 0.2) is 6.10 Å². The van der Waals surface area contributed by atoms with E-state index in [0.717, 1.165) is 11.3 Å². The maximum atomic E-state index is 12.2. The molecule has 0 aromatic heterocycles. The first-order valence-electron chi connectivity index (χ1n) is 5.68. The lowest BCUT2D eigenvalue weighted by Gasteiger charge is -2.09. The second-order valence-corrected chi connectivity index (χ2v) is 4.15. The lowest BCUT2D eigenvalue weighted by atomic mass is 10.0. The lowest BCUT2D eigenvalue weighted by Crippen LogP contribution is -2.25. The maximum absolute atomic E-state index is 12.2. The number of rotatable bonds is 2. The van der Waals surface area contributed by atoms with Crippen molar-refractivity contribution in [1.82, 2.24) is 0 Å². The van der Waals surface area contributed by atoms with Crippen LogP contribution < -0.4 is 4.74 Å². The Labute approximate surface area is 99.9 Å². The van der Waals surface area contributed by atoms with Gasteiger partial charge in [-0.25, -0.2) is 0 Å². The predicted molar refractivity (Wildman–Crippen MR) is 65.3 cm³/mol. The largest absolute Gasteiger partial charge is 0.482 e. The van der Waals surface area contributed by atoms with Crippen molar-refractivity contribution in [2.75, 3.05) is 0 Å². The third-order valence-electron chi connectivity index (χ3n) is 3.00. The van der Waals surface area contributed by atoms with Gasteiger partial charge < -0.3 is 4.74 Å². The average Bonchev–Trinajstić information content (AvgIpc) is 2.82. The van der Waals surface area contributed by atoms with Crippen molar-refractivity contribution in [3.05, 3.63) is 65.7 Å². The smallest absolute Gasteiger partial charge is 0.203 e. The summed E-state index contributed by atoms with van der Waals surface area (Å²) in [6, 6.07) is 17.1. The monoisotopic (exact) mass is 224 g/mol. The molecule has 84 valence electrons. The highest BCUT2D eigenvalue weighted by Gasteiger charge is 2.29. The Morgan fingerprint density at radius 2 is 1.71 bits per heavy atom. The molecule has 0 aliphatic carbocycles. The molecule has 1 aliphatic heterocycles. The highest BCUT2D eigenvalue weighted by molar-refractivity contribution is 6.00. The zero-order chi connectivity index (χ0) is 11.7. The fraction of sp³-hybridized carbons (Fsp3) is 0.133. The molecule has 0 N–H and O–H groups in total. The number of ether oxygens (including phenoxy) is 1. The summed E-state index contributed by atoms with van der Waals surface area (Å²) >= 11 is 0. The first-order valence-corrected chi connectivity index (χ1v) is 5.68. The number of carbonyl (C=O) groups excluding carboxylic acids is 1. The molecule has 0 spiro atoms. The Morgan fingerprint density at radius 1 is 1.00 bits per heavy atom. The van der Waals surface area contributed by atoms with Gasteiger partial charge in [0.05, 0.1) is 0 Å². The molecular formula is C15H12O2. The van der Waals surface area contributed by atoms with E-state index in [1.54, 1.807) is 0 Å². The van der Waals surface area contributed by atoms with Gasteiger partial charge >= 0.3 is 0 Å². The van der Waals surface area contributed by atoms with E-state index < -0.39 is 0 Å². The average molecular weight is 224 g/mol. The molecule has 2 aromatic rings. The molecule has 2 nitrogen and oxygen atoms in total. The van der Waals surface area contributed by atoms with Gasteiger partial charge in [0.2, 0.25) is 5.78 Å². The molecule has 1 aliphatic rings. The zero-order valence-electron chi connectivity index (χ0n) is 9.30. The quantitative estimate of drug-likeness (QED) is 0.733. The number of carbonyl (C=O) groups is 1. The van der Waals surface area contributed by atoms with Crippen LogP contribution in [0.1, 0.15) is 15.9 Å². The van der Waals surface area contributed by atoms with Gasteiger partial charge in [-0.2, -0.15) is 0 Å². The van der Waals surface area contributed by atoms with Gasteiger partial charge in [0.25, 0.3) is 0 Å². The van der Waals surface area contributed by atoms with Gasteiger partial charge in [-0.15, -0.1) is 0 Å². The molecule has 0 fully saturated rings. The lowest BCUT2D eigenvalue weighted by molar-refractivity contribution is 0.0825. The van der Waals surface area contributed by atoms with Crippen molar-refractivity contribution < 1.29 is 9.53 Å². The van der Waals surface area contributed by atoms with Crippen LogP contribution in [0, 0.1) is 0 Å². The number of Topliss-reactive ketones (excluding diaryl/α,β-unsaturated/α-hetero) is 1. The molecule has 17 heavy (non-hydrogen) atoms. The third-order valence-corrected chi connectivity index (χ3v) is 3.00. The molecule has 3 rings (SSSR count). The van der Waals surface area contributed by atoms with Gasteiger partial charge in [-0.1, -0.05) is 48.5 Å².